The van der Waals surface area contributed by atoms with Crippen LogP contribution in [0.2, 0.25) is 5.02 Å². The average Bonchev–Trinajstić information content (AvgIpc) is 2.78. The molecule has 0 radical (unpaired) electrons. The van der Waals surface area contributed by atoms with Crippen LogP contribution in [-0.2, 0) is 21.2 Å². The van der Waals surface area contributed by atoms with Crippen molar-refractivity contribution in [2.45, 2.75) is 11.3 Å². The fourth-order valence-corrected chi connectivity index (χ4v) is 4.78. The van der Waals surface area contributed by atoms with Gasteiger partial charge in [-0.2, -0.15) is 4.31 Å². The van der Waals surface area contributed by atoms with Crippen LogP contribution in [0.5, 0.6) is 5.75 Å². The summed E-state index contributed by atoms with van der Waals surface area (Å²) in [6.45, 7) is -0.344. The number of sulfonamides is 1. The number of halogens is 2. The maximum Gasteiger partial charge on any atom is 0.243 e. The minimum absolute atomic E-state index is 0.0501. The van der Waals surface area contributed by atoms with E-state index in [1.54, 1.807) is 0 Å². The Morgan fingerprint density at radius 2 is 1.75 bits per heavy atom. The molecule has 0 aliphatic heterocycles. The number of nitrogens with zero attached hydrogens (tertiary/aromatic N) is 1. The largest absolute Gasteiger partial charge is 0.495 e. The summed E-state index contributed by atoms with van der Waals surface area (Å²) in [6.07, 6.45) is 0.411. The van der Waals surface area contributed by atoms with Crippen molar-refractivity contribution in [1.29, 1.82) is 0 Å². The van der Waals surface area contributed by atoms with E-state index in [0.29, 0.717) is 17.9 Å². The molecule has 1 N–H and O–H groups in total. The van der Waals surface area contributed by atoms with Crippen LogP contribution in [0, 0.1) is 5.82 Å². The van der Waals surface area contributed by atoms with Gasteiger partial charge >= 0.3 is 0 Å². The first-order chi connectivity index (χ1) is 15.3. The number of rotatable bonds is 9. The van der Waals surface area contributed by atoms with Crippen LogP contribution < -0.4 is 10.1 Å². The molecule has 32 heavy (non-hydrogen) atoms. The predicted octanol–water partition coefficient (Wildman–Crippen LogP) is 4.36. The third-order valence-corrected chi connectivity index (χ3v) is 6.84. The Labute approximate surface area is 191 Å². The highest BCUT2D eigenvalue weighted by molar-refractivity contribution is 7.89. The zero-order valence-corrected chi connectivity index (χ0v) is 18.9. The van der Waals surface area contributed by atoms with Crippen LogP contribution in [-0.4, -0.2) is 38.8 Å². The van der Waals surface area contributed by atoms with E-state index in [4.69, 9.17) is 16.3 Å². The van der Waals surface area contributed by atoms with Gasteiger partial charge in [0.2, 0.25) is 15.9 Å². The number of hydrogen-bond acceptors (Lipinski definition) is 4. The Morgan fingerprint density at radius 3 is 2.38 bits per heavy atom. The summed E-state index contributed by atoms with van der Waals surface area (Å²) in [7, 11) is -2.61. The van der Waals surface area contributed by atoms with Gasteiger partial charge in [-0.3, -0.25) is 4.79 Å². The lowest BCUT2D eigenvalue weighted by Crippen LogP contribution is -2.39. The van der Waals surface area contributed by atoms with Crippen molar-refractivity contribution in [2.24, 2.45) is 0 Å². The van der Waals surface area contributed by atoms with Gasteiger partial charge in [-0.05, 0) is 54.4 Å². The van der Waals surface area contributed by atoms with Crippen LogP contribution in [0.4, 0.5) is 10.1 Å². The maximum atomic E-state index is 13.3. The maximum absolute atomic E-state index is 13.3. The fraction of sp³-hybridized carbons (Fsp3) is 0.174. The quantitative estimate of drug-likeness (QED) is 0.498. The number of anilines is 1. The summed E-state index contributed by atoms with van der Waals surface area (Å²) >= 11 is 6.12. The fourth-order valence-electron chi connectivity index (χ4n) is 3.03. The number of hydrogen-bond donors (Lipinski definition) is 1. The van der Waals surface area contributed by atoms with Crippen molar-refractivity contribution in [3.05, 3.63) is 89.2 Å². The zero-order valence-electron chi connectivity index (χ0n) is 17.3. The molecule has 0 bridgehead atoms. The Morgan fingerprint density at radius 1 is 1.06 bits per heavy atom. The lowest BCUT2D eigenvalue weighted by Gasteiger charge is -2.22. The SMILES string of the molecule is COc1ccc(S(=O)(=O)N(CCc2ccccc2)CC(=O)Nc2ccc(F)cc2)cc1Cl. The number of amides is 1. The van der Waals surface area contributed by atoms with Gasteiger partial charge < -0.3 is 10.1 Å². The van der Waals surface area contributed by atoms with Crippen molar-refractivity contribution < 1.29 is 22.3 Å². The standard InChI is InChI=1S/C23H22ClFN2O4S/c1-31-22-12-11-20(15-21(22)24)32(29,30)27(14-13-17-5-3-2-4-6-17)16-23(28)26-19-9-7-18(25)8-10-19/h2-12,15H,13-14,16H2,1H3,(H,26,28). The van der Waals surface area contributed by atoms with E-state index in [1.165, 1.54) is 49.6 Å². The van der Waals surface area contributed by atoms with Crippen molar-refractivity contribution in [1.82, 2.24) is 4.31 Å². The number of ether oxygens (including phenoxy) is 1. The molecule has 0 fully saturated rings. The van der Waals surface area contributed by atoms with Crippen molar-refractivity contribution >= 4 is 33.2 Å². The van der Waals surface area contributed by atoms with Gasteiger partial charge in [0.15, 0.2) is 0 Å². The van der Waals surface area contributed by atoms with Crippen LogP contribution in [0.1, 0.15) is 5.56 Å². The molecule has 0 saturated carbocycles. The Kier molecular flexibility index (Phi) is 7.84. The first kappa shape index (κ1) is 23.7. The monoisotopic (exact) mass is 476 g/mol. The van der Waals surface area contributed by atoms with Gasteiger partial charge in [-0.15, -0.1) is 0 Å². The predicted molar refractivity (Wildman–Crippen MR) is 122 cm³/mol. The third-order valence-electron chi connectivity index (χ3n) is 4.70. The summed E-state index contributed by atoms with van der Waals surface area (Å²) < 4.78 is 46.0. The number of carbonyl (C=O) groups is 1. The highest BCUT2D eigenvalue weighted by Crippen LogP contribution is 2.28. The number of nitrogens with one attached hydrogen (secondary N) is 1. The number of carbonyl (C=O) groups excluding carboxylic acids is 1. The molecule has 6 nitrogen and oxygen atoms in total. The minimum atomic E-state index is -4.04. The van der Waals surface area contributed by atoms with Crippen molar-refractivity contribution in [3.63, 3.8) is 0 Å². The molecule has 3 rings (SSSR count). The topological polar surface area (TPSA) is 75.7 Å². The smallest absolute Gasteiger partial charge is 0.243 e. The van der Waals surface area contributed by atoms with E-state index >= 15 is 0 Å². The van der Waals surface area contributed by atoms with Crippen LogP contribution in [0.3, 0.4) is 0 Å². The highest BCUT2D eigenvalue weighted by Gasteiger charge is 2.27. The molecule has 0 aliphatic carbocycles. The van der Waals surface area contributed by atoms with Crippen LogP contribution >= 0.6 is 11.6 Å². The second-order valence-corrected chi connectivity index (χ2v) is 9.27. The minimum Gasteiger partial charge on any atom is -0.495 e. The van der Waals surface area contributed by atoms with Gasteiger partial charge in [-0.25, -0.2) is 12.8 Å². The van der Waals surface area contributed by atoms with Gasteiger partial charge in [0.1, 0.15) is 11.6 Å². The normalized spacial score (nSPS) is 11.4. The number of methoxy groups -OCH3 is 1. The molecule has 0 heterocycles. The van der Waals surface area contributed by atoms with Crippen molar-refractivity contribution in [2.75, 3.05) is 25.5 Å². The summed E-state index contributed by atoms with van der Waals surface area (Å²) in [5, 5.41) is 2.74. The van der Waals surface area contributed by atoms with Gasteiger partial charge in [0.25, 0.3) is 0 Å². The molecule has 1 amide bonds. The Balaban J connectivity index is 1.84. The molecule has 9 heteroatoms. The Bertz CT molecular complexity index is 1170. The molecular formula is C23H22ClFN2O4S. The van der Waals surface area contributed by atoms with E-state index in [9.17, 15) is 17.6 Å². The third kappa shape index (κ3) is 6.06. The average molecular weight is 477 g/mol. The highest BCUT2D eigenvalue weighted by atomic mass is 35.5. The lowest BCUT2D eigenvalue weighted by molar-refractivity contribution is -0.116. The second-order valence-electron chi connectivity index (χ2n) is 6.93. The van der Waals surface area contributed by atoms with Crippen LogP contribution in [0.15, 0.2) is 77.7 Å². The molecule has 0 aliphatic rings. The van der Waals surface area contributed by atoms with Crippen LogP contribution in [0.25, 0.3) is 0 Å². The summed E-state index contributed by atoms with van der Waals surface area (Å²) in [5.74, 6) is -0.644. The van der Waals surface area contributed by atoms with E-state index in [2.05, 4.69) is 5.32 Å². The molecule has 3 aromatic rings. The molecule has 168 valence electrons. The van der Waals surface area contributed by atoms with E-state index < -0.39 is 28.3 Å². The van der Waals surface area contributed by atoms with Gasteiger partial charge in [0.05, 0.1) is 23.6 Å². The van der Waals surface area contributed by atoms with E-state index in [0.717, 1.165) is 9.87 Å². The second kappa shape index (κ2) is 10.6. The summed E-state index contributed by atoms with van der Waals surface area (Å²) in [5.41, 5.74) is 1.30. The molecule has 0 atom stereocenters. The first-order valence-electron chi connectivity index (χ1n) is 9.72. The zero-order chi connectivity index (χ0) is 23.1. The van der Waals surface area contributed by atoms with Crippen molar-refractivity contribution in [3.8, 4) is 5.75 Å². The summed E-state index contributed by atoms with van der Waals surface area (Å²) in [6, 6.07) is 18.7. The van der Waals surface area contributed by atoms with Gasteiger partial charge in [-0.1, -0.05) is 41.9 Å². The Hall–Kier alpha value is -2.94. The van der Waals surface area contributed by atoms with E-state index in [-0.39, 0.29) is 16.5 Å². The molecule has 0 saturated heterocycles. The molecule has 0 aromatic heterocycles. The molecule has 0 unspecified atom stereocenters. The molecule has 0 spiro atoms. The van der Waals surface area contributed by atoms with E-state index in [1.807, 2.05) is 30.3 Å². The number of benzene rings is 3. The first-order valence-corrected chi connectivity index (χ1v) is 11.5. The molecular weight excluding hydrogens is 455 g/mol. The summed E-state index contributed by atoms with van der Waals surface area (Å²) in [4.78, 5) is 12.6. The van der Waals surface area contributed by atoms with Gasteiger partial charge in [0, 0.05) is 12.2 Å². The lowest BCUT2D eigenvalue weighted by atomic mass is 10.1. The molecule has 3 aromatic carbocycles.